The Balaban J connectivity index is 1.98. The minimum Gasteiger partial charge on any atom is -0.387 e. The predicted octanol–water partition coefficient (Wildman–Crippen LogP) is 2.78. The summed E-state index contributed by atoms with van der Waals surface area (Å²) < 4.78 is 0. The van der Waals surface area contributed by atoms with Crippen molar-refractivity contribution in [2.75, 3.05) is 6.54 Å². The number of H-pyrrole nitrogens is 1. The standard InChI is InChI=1S/C13H12Cl2N2O2/c14-8-3-4-9(10(15)6-8)12(18)7-17-13(19)11-2-1-5-16-11/h1-6,12,16,18H,7H2,(H,17,19). The number of rotatable bonds is 4. The molecule has 2 aromatic rings. The summed E-state index contributed by atoms with van der Waals surface area (Å²) >= 11 is 11.8. The molecule has 0 aliphatic carbocycles. The minimum atomic E-state index is -0.885. The van der Waals surface area contributed by atoms with Crippen molar-refractivity contribution in [2.45, 2.75) is 6.10 Å². The van der Waals surface area contributed by atoms with Gasteiger partial charge in [-0.1, -0.05) is 29.3 Å². The number of aromatic amines is 1. The fourth-order valence-electron chi connectivity index (χ4n) is 1.64. The molecule has 3 N–H and O–H groups in total. The van der Waals surface area contributed by atoms with Gasteiger partial charge >= 0.3 is 0 Å². The Hall–Kier alpha value is -1.49. The Morgan fingerprint density at radius 2 is 2.16 bits per heavy atom. The molecular weight excluding hydrogens is 287 g/mol. The van der Waals surface area contributed by atoms with Gasteiger partial charge in [-0.05, 0) is 24.3 Å². The summed E-state index contributed by atoms with van der Waals surface area (Å²) in [6.45, 7) is 0.0687. The van der Waals surface area contributed by atoms with E-state index < -0.39 is 6.10 Å². The molecule has 0 saturated carbocycles. The zero-order chi connectivity index (χ0) is 13.8. The van der Waals surface area contributed by atoms with Crippen LogP contribution in [-0.2, 0) is 0 Å². The predicted molar refractivity (Wildman–Crippen MR) is 74.5 cm³/mol. The van der Waals surface area contributed by atoms with Crippen LogP contribution in [0.15, 0.2) is 36.5 Å². The third kappa shape index (κ3) is 3.50. The minimum absolute atomic E-state index is 0.0687. The number of benzene rings is 1. The van der Waals surface area contributed by atoms with Gasteiger partial charge in [-0.2, -0.15) is 0 Å². The van der Waals surface area contributed by atoms with Crippen molar-refractivity contribution >= 4 is 29.1 Å². The first-order valence-corrected chi connectivity index (χ1v) is 6.38. The number of nitrogens with one attached hydrogen (secondary N) is 2. The normalized spacial score (nSPS) is 12.2. The molecule has 4 nitrogen and oxygen atoms in total. The fourth-order valence-corrected chi connectivity index (χ4v) is 2.17. The lowest BCUT2D eigenvalue weighted by Crippen LogP contribution is -2.28. The third-order valence-electron chi connectivity index (χ3n) is 2.62. The monoisotopic (exact) mass is 298 g/mol. The molecule has 1 heterocycles. The number of hydrogen-bond donors (Lipinski definition) is 3. The maximum absolute atomic E-state index is 11.7. The van der Waals surface area contributed by atoms with E-state index in [9.17, 15) is 9.90 Å². The zero-order valence-corrected chi connectivity index (χ0v) is 11.4. The number of carbonyl (C=O) groups excluding carboxylic acids is 1. The first kappa shape index (κ1) is 13.9. The maximum Gasteiger partial charge on any atom is 0.267 e. The zero-order valence-electron chi connectivity index (χ0n) is 9.86. The Morgan fingerprint density at radius 3 is 2.79 bits per heavy atom. The number of halogens is 2. The second-order valence-corrected chi connectivity index (χ2v) is 4.82. The number of hydrogen-bond acceptors (Lipinski definition) is 2. The van der Waals surface area contributed by atoms with Crippen LogP contribution in [0.1, 0.15) is 22.2 Å². The Labute approximate surface area is 120 Å². The number of aliphatic hydroxyl groups is 1. The lowest BCUT2D eigenvalue weighted by Gasteiger charge is -2.13. The van der Waals surface area contributed by atoms with Gasteiger partial charge in [0.05, 0.1) is 6.10 Å². The van der Waals surface area contributed by atoms with E-state index in [1.54, 1.807) is 36.5 Å². The Bertz CT molecular complexity index is 570. The van der Waals surface area contributed by atoms with Crippen LogP contribution in [0.3, 0.4) is 0 Å². The molecule has 1 atom stereocenters. The second-order valence-electron chi connectivity index (χ2n) is 3.98. The third-order valence-corrected chi connectivity index (χ3v) is 3.18. The molecule has 1 unspecified atom stereocenters. The van der Waals surface area contributed by atoms with E-state index in [0.717, 1.165) is 0 Å². The number of carbonyl (C=O) groups is 1. The summed E-state index contributed by atoms with van der Waals surface area (Å²) in [5.74, 6) is -0.283. The summed E-state index contributed by atoms with van der Waals surface area (Å²) in [6.07, 6.45) is 0.769. The van der Waals surface area contributed by atoms with Gasteiger partial charge in [-0.15, -0.1) is 0 Å². The fraction of sp³-hybridized carbons (Fsp3) is 0.154. The van der Waals surface area contributed by atoms with Crippen LogP contribution in [0.2, 0.25) is 10.0 Å². The average molecular weight is 299 g/mol. The Morgan fingerprint density at radius 1 is 1.37 bits per heavy atom. The van der Waals surface area contributed by atoms with Gasteiger partial charge in [0.1, 0.15) is 5.69 Å². The molecule has 0 aliphatic rings. The smallest absolute Gasteiger partial charge is 0.267 e. The molecule has 1 aromatic carbocycles. The van der Waals surface area contributed by atoms with E-state index in [1.807, 2.05) is 0 Å². The average Bonchev–Trinajstić information content (AvgIpc) is 2.89. The summed E-state index contributed by atoms with van der Waals surface area (Å²) in [5.41, 5.74) is 0.965. The van der Waals surface area contributed by atoms with Crippen LogP contribution < -0.4 is 5.32 Å². The summed E-state index contributed by atoms with van der Waals surface area (Å²) in [4.78, 5) is 14.5. The van der Waals surface area contributed by atoms with Crippen molar-refractivity contribution < 1.29 is 9.90 Å². The summed E-state index contributed by atoms with van der Waals surface area (Å²) in [5, 5.41) is 13.5. The van der Waals surface area contributed by atoms with Crippen LogP contribution in [0, 0.1) is 0 Å². The molecule has 19 heavy (non-hydrogen) atoms. The van der Waals surface area contributed by atoms with Crippen molar-refractivity contribution in [3.63, 3.8) is 0 Å². The molecule has 1 aromatic heterocycles. The molecule has 0 spiro atoms. The molecule has 1 amide bonds. The molecule has 0 saturated heterocycles. The summed E-state index contributed by atoms with van der Waals surface area (Å²) in [6, 6.07) is 8.20. The van der Waals surface area contributed by atoms with E-state index in [4.69, 9.17) is 23.2 Å². The number of aliphatic hydroxyl groups excluding tert-OH is 1. The lowest BCUT2D eigenvalue weighted by atomic mass is 10.1. The van der Waals surface area contributed by atoms with Gasteiger partial charge in [0.2, 0.25) is 0 Å². The topological polar surface area (TPSA) is 65.1 Å². The molecule has 0 radical (unpaired) electrons. The van der Waals surface area contributed by atoms with Crippen LogP contribution in [0.5, 0.6) is 0 Å². The van der Waals surface area contributed by atoms with Crippen molar-refractivity contribution in [3.8, 4) is 0 Å². The van der Waals surface area contributed by atoms with Gasteiger partial charge < -0.3 is 15.4 Å². The largest absolute Gasteiger partial charge is 0.387 e. The first-order chi connectivity index (χ1) is 9.08. The van der Waals surface area contributed by atoms with Crippen molar-refractivity contribution in [3.05, 3.63) is 57.8 Å². The van der Waals surface area contributed by atoms with Crippen LogP contribution in [0.4, 0.5) is 0 Å². The Kier molecular flexibility index (Phi) is 4.47. The van der Waals surface area contributed by atoms with Crippen LogP contribution in [-0.4, -0.2) is 22.5 Å². The molecule has 0 aliphatic heterocycles. The van der Waals surface area contributed by atoms with Gasteiger partial charge in [-0.25, -0.2) is 0 Å². The second kappa shape index (κ2) is 6.10. The SMILES string of the molecule is O=C(NCC(O)c1ccc(Cl)cc1Cl)c1ccc[nH]1. The highest BCUT2D eigenvalue weighted by atomic mass is 35.5. The summed E-state index contributed by atoms with van der Waals surface area (Å²) in [7, 11) is 0. The number of amides is 1. The van der Waals surface area contributed by atoms with Crippen LogP contribution in [0.25, 0.3) is 0 Å². The van der Waals surface area contributed by atoms with Crippen molar-refractivity contribution in [1.29, 1.82) is 0 Å². The van der Waals surface area contributed by atoms with Gasteiger partial charge in [-0.3, -0.25) is 4.79 Å². The quantitative estimate of drug-likeness (QED) is 0.812. The van der Waals surface area contributed by atoms with Crippen molar-refractivity contribution in [1.82, 2.24) is 10.3 Å². The lowest BCUT2D eigenvalue weighted by molar-refractivity contribution is 0.0912. The van der Waals surface area contributed by atoms with Crippen LogP contribution >= 0.6 is 23.2 Å². The molecular formula is C13H12Cl2N2O2. The molecule has 2 rings (SSSR count). The maximum atomic E-state index is 11.7. The molecule has 0 fully saturated rings. The van der Waals surface area contributed by atoms with E-state index in [1.165, 1.54) is 0 Å². The van der Waals surface area contributed by atoms with Gasteiger partial charge in [0.25, 0.3) is 5.91 Å². The van der Waals surface area contributed by atoms with E-state index in [-0.39, 0.29) is 12.5 Å². The molecule has 100 valence electrons. The first-order valence-electron chi connectivity index (χ1n) is 5.62. The molecule has 6 heteroatoms. The highest BCUT2D eigenvalue weighted by molar-refractivity contribution is 6.35. The van der Waals surface area contributed by atoms with Gasteiger partial charge in [0, 0.05) is 28.4 Å². The highest BCUT2D eigenvalue weighted by Crippen LogP contribution is 2.25. The number of aromatic nitrogens is 1. The van der Waals surface area contributed by atoms with Crippen molar-refractivity contribution in [2.24, 2.45) is 0 Å². The van der Waals surface area contributed by atoms with E-state index >= 15 is 0 Å². The van der Waals surface area contributed by atoms with Gasteiger partial charge in [0.15, 0.2) is 0 Å². The van der Waals surface area contributed by atoms with E-state index in [2.05, 4.69) is 10.3 Å². The molecule has 0 bridgehead atoms. The van der Waals surface area contributed by atoms with E-state index in [0.29, 0.717) is 21.3 Å². The highest BCUT2D eigenvalue weighted by Gasteiger charge is 2.14.